The smallest absolute Gasteiger partial charge is 0.161 e. The maximum absolute atomic E-state index is 14.5. The molecule has 3 rings (SSSR count). The van der Waals surface area contributed by atoms with Gasteiger partial charge in [-0.15, -0.1) is 0 Å². The lowest BCUT2D eigenvalue weighted by Crippen LogP contribution is -2.29. The summed E-state index contributed by atoms with van der Waals surface area (Å²) in [6, 6.07) is 4.14. The van der Waals surface area contributed by atoms with Gasteiger partial charge >= 0.3 is 0 Å². The van der Waals surface area contributed by atoms with Crippen LogP contribution >= 0.6 is 28.1 Å². The van der Waals surface area contributed by atoms with Gasteiger partial charge in [0.15, 0.2) is 5.82 Å². The molecule has 2 nitrogen and oxygen atoms in total. The quantitative estimate of drug-likeness (QED) is 0.829. The highest BCUT2D eigenvalue weighted by Gasteiger charge is 2.35. The summed E-state index contributed by atoms with van der Waals surface area (Å²) in [4.78, 5) is 2.44. The van der Waals surface area contributed by atoms with Crippen LogP contribution in [0, 0.1) is 11.7 Å². The Morgan fingerprint density at radius 1 is 1.37 bits per heavy atom. The first-order chi connectivity index (χ1) is 9.08. The molecule has 0 aromatic heterocycles. The van der Waals surface area contributed by atoms with Crippen LogP contribution in [0.15, 0.2) is 16.6 Å². The van der Waals surface area contributed by atoms with Crippen LogP contribution in [0.3, 0.4) is 0 Å². The Labute approximate surface area is 126 Å². The molecule has 5 heteroatoms. The Morgan fingerprint density at radius 3 is 2.58 bits per heavy atom. The van der Waals surface area contributed by atoms with Crippen LogP contribution in [-0.4, -0.2) is 17.6 Å². The highest BCUT2D eigenvalue weighted by atomic mass is 79.9. The first-order valence-corrected chi connectivity index (χ1v) is 7.82. The second-order valence-corrected chi connectivity index (χ2v) is 6.68. The lowest BCUT2D eigenvalue weighted by Gasteiger charge is -2.26. The number of nitrogens with zero attached hydrogens (tertiary/aromatic N) is 1. The van der Waals surface area contributed by atoms with Crippen molar-refractivity contribution < 1.29 is 4.39 Å². The molecule has 0 spiro atoms. The van der Waals surface area contributed by atoms with E-state index in [1.165, 1.54) is 25.7 Å². The minimum Gasteiger partial charge on any atom is -0.389 e. The fourth-order valence-electron chi connectivity index (χ4n) is 2.36. The van der Waals surface area contributed by atoms with Gasteiger partial charge in [-0.3, -0.25) is 0 Å². The fraction of sp³-hybridized carbons (Fsp3) is 0.500. The highest BCUT2D eigenvalue weighted by molar-refractivity contribution is 9.10. The Bertz CT molecular complexity index is 526. The van der Waals surface area contributed by atoms with Crippen LogP contribution in [0.25, 0.3) is 0 Å². The van der Waals surface area contributed by atoms with Gasteiger partial charge in [0.05, 0.1) is 10.2 Å². The zero-order valence-corrected chi connectivity index (χ0v) is 12.9. The number of hydrogen-bond donors (Lipinski definition) is 1. The Kier molecular flexibility index (Phi) is 3.52. The molecule has 2 aliphatic rings. The van der Waals surface area contributed by atoms with Gasteiger partial charge in [-0.25, -0.2) is 4.39 Å². The molecule has 0 unspecified atom stereocenters. The normalized spacial score (nSPS) is 18.4. The molecular weight excluding hydrogens is 327 g/mol. The van der Waals surface area contributed by atoms with Crippen molar-refractivity contribution in [1.82, 2.24) is 0 Å². The number of anilines is 1. The van der Waals surface area contributed by atoms with E-state index in [2.05, 4.69) is 20.8 Å². The van der Waals surface area contributed by atoms with Crippen LogP contribution in [0.5, 0.6) is 0 Å². The van der Waals surface area contributed by atoms with Gasteiger partial charge < -0.3 is 10.6 Å². The predicted molar refractivity (Wildman–Crippen MR) is 83.1 cm³/mol. The fourth-order valence-corrected chi connectivity index (χ4v) is 3.21. The number of benzene rings is 1. The average Bonchev–Trinajstić information content (AvgIpc) is 3.24. The molecule has 19 heavy (non-hydrogen) atoms. The van der Waals surface area contributed by atoms with E-state index in [0.717, 1.165) is 12.5 Å². The second kappa shape index (κ2) is 5.02. The van der Waals surface area contributed by atoms with Gasteiger partial charge in [0, 0.05) is 18.2 Å². The molecule has 0 atom stereocenters. The van der Waals surface area contributed by atoms with Crippen LogP contribution in [0.4, 0.5) is 10.1 Å². The summed E-state index contributed by atoms with van der Waals surface area (Å²) in [5.41, 5.74) is 6.84. The maximum Gasteiger partial charge on any atom is 0.161 e. The summed E-state index contributed by atoms with van der Waals surface area (Å²) in [5.74, 6) is 0.506. The van der Waals surface area contributed by atoms with E-state index in [9.17, 15) is 4.39 Å². The molecule has 1 aromatic rings. The first-order valence-electron chi connectivity index (χ1n) is 6.62. The Morgan fingerprint density at radius 2 is 2.05 bits per heavy atom. The molecule has 2 aliphatic carbocycles. The standard InChI is InChI=1S/C14H16BrFN2S/c15-12-10(14(17)19)5-6-11(13(12)16)18(9-3-4-9)7-8-1-2-8/h5-6,8-9H,1-4,7H2,(H2,17,19). The van der Waals surface area contributed by atoms with Crippen molar-refractivity contribution in [3.05, 3.63) is 28.0 Å². The summed E-state index contributed by atoms with van der Waals surface area (Å²) >= 11 is 8.21. The van der Waals surface area contributed by atoms with E-state index in [-0.39, 0.29) is 10.8 Å². The summed E-state index contributed by atoms with van der Waals surface area (Å²) < 4.78 is 14.9. The van der Waals surface area contributed by atoms with Crippen molar-refractivity contribution in [3.8, 4) is 0 Å². The number of halogens is 2. The first kappa shape index (κ1) is 13.3. The topological polar surface area (TPSA) is 29.3 Å². The number of thiocarbonyl (C=S) groups is 1. The zero-order chi connectivity index (χ0) is 13.6. The third-order valence-electron chi connectivity index (χ3n) is 3.78. The Balaban J connectivity index is 1.93. The SMILES string of the molecule is NC(=S)c1ccc(N(CC2CC2)C2CC2)c(F)c1Br. The van der Waals surface area contributed by atoms with Gasteiger partial charge in [0.25, 0.3) is 0 Å². The minimum atomic E-state index is -0.238. The van der Waals surface area contributed by atoms with E-state index < -0.39 is 0 Å². The van der Waals surface area contributed by atoms with E-state index in [0.29, 0.717) is 21.8 Å². The van der Waals surface area contributed by atoms with Crippen LogP contribution in [0.2, 0.25) is 0 Å². The number of hydrogen-bond acceptors (Lipinski definition) is 2. The average molecular weight is 343 g/mol. The van der Waals surface area contributed by atoms with Gasteiger partial charge in [-0.2, -0.15) is 0 Å². The van der Waals surface area contributed by atoms with E-state index >= 15 is 0 Å². The third-order valence-corrected chi connectivity index (χ3v) is 4.77. The molecule has 0 amide bonds. The van der Waals surface area contributed by atoms with Crippen molar-refractivity contribution in [3.63, 3.8) is 0 Å². The lowest BCUT2D eigenvalue weighted by molar-refractivity contribution is 0.603. The van der Waals surface area contributed by atoms with Crippen LogP contribution in [-0.2, 0) is 0 Å². The van der Waals surface area contributed by atoms with Crippen molar-refractivity contribution in [2.24, 2.45) is 11.7 Å². The molecule has 0 saturated heterocycles. The molecule has 102 valence electrons. The minimum absolute atomic E-state index is 0.220. The van der Waals surface area contributed by atoms with Crippen molar-refractivity contribution >= 4 is 38.8 Å². The van der Waals surface area contributed by atoms with Gasteiger partial charge in [0.1, 0.15) is 4.99 Å². The van der Waals surface area contributed by atoms with Gasteiger partial charge in [-0.05, 0) is 59.7 Å². The molecule has 0 aliphatic heterocycles. The Hall–Kier alpha value is -0.680. The zero-order valence-electron chi connectivity index (χ0n) is 10.5. The van der Waals surface area contributed by atoms with Crippen molar-refractivity contribution in [2.75, 3.05) is 11.4 Å². The van der Waals surface area contributed by atoms with E-state index in [1.807, 2.05) is 12.1 Å². The molecule has 1 aromatic carbocycles. The molecule has 0 bridgehead atoms. The largest absolute Gasteiger partial charge is 0.389 e. The molecule has 2 fully saturated rings. The van der Waals surface area contributed by atoms with Crippen LogP contribution < -0.4 is 10.6 Å². The summed E-state index contributed by atoms with van der Waals surface area (Å²) in [6.45, 7) is 0.973. The van der Waals surface area contributed by atoms with Crippen molar-refractivity contribution in [1.29, 1.82) is 0 Å². The molecule has 2 saturated carbocycles. The molecule has 0 radical (unpaired) electrons. The third kappa shape index (κ3) is 2.77. The number of rotatable bonds is 5. The molecule has 2 N–H and O–H groups in total. The molecular formula is C14H16BrFN2S. The van der Waals surface area contributed by atoms with Gasteiger partial charge in [0.2, 0.25) is 0 Å². The summed E-state index contributed by atoms with van der Waals surface area (Å²) in [6.07, 6.45) is 4.88. The van der Waals surface area contributed by atoms with E-state index in [1.54, 1.807) is 0 Å². The predicted octanol–water partition coefficient (Wildman–Crippen LogP) is 3.60. The highest BCUT2D eigenvalue weighted by Crippen LogP contribution is 2.40. The van der Waals surface area contributed by atoms with E-state index in [4.69, 9.17) is 18.0 Å². The van der Waals surface area contributed by atoms with Crippen LogP contribution in [0.1, 0.15) is 31.2 Å². The molecule has 0 heterocycles. The summed E-state index contributed by atoms with van der Waals surface area (Å²) in [7, 11) is 0. The maximum atomic E-state index is 14.5. The second-order valence-electron chi connectivity index (χ2n) is 5.45. The van der Waals surface area contributed by atoms with Crippen molar-refractivity contribution in [2.45, 2.75) is 31.7 Å². The number of nitrogens with two attached hydrogens (primary N) is 1. The van der Waals surface area contributed by atoms with Gasteiger partial charge in [-0.1, -0.05) is 12.2 Å². The summed E-state index contributed by atoms with van der Waals surface area (Å²) in [5, 5.41) is 0. The monoisotopic (exact) mass is 342 g/mol. The lowest BCUT2D eigenvalue weighted by atomic mass is 10.1.